The predicted octanol–water partition coefficient (Wildman–Crippen LogP) is 1.03. The summed E-state index contributed by atoms with van der Waals surface area (Å²) in [6, 6.07) is 6.99. The van der Waals surface area contributed by atoms with Gasteiger partial charge in [0.05, 0.1) is 6.61 Å². The van der Waals surface area contributed by atoms with Crippen LogP contribution in [0.5, 0.6) is 0 Å². The van der Waals surface area contributed by atoms with Crippen molar-refractivity contribution in [2.75, 3.05) is 31.6 Å². The predicted molar refractivity (Wildman–Crippen MR) is 92.0 cm³/mol. The van der Waals surface area contributed by atoms with Crippen molar-refractivity contribution in [3.05, 3.63) is 29.8 Å². The molecule has 0 heterocycles. The minimum Gasteiger partial charge on any atom is -0.444 e. The number of nitrogens with one attached hydrogen (secondary N) is 1. The number of aliphatic hydroxyl groups excluding tert-OH is 3. The molecule has 0 bridgehead atoms. The quantitative estimate of drug-likeness (QED) is 0.591. The standard InChI is InChI=1S/C17H28N2O5/c1-17(2,3)24-16(23)18-11-14(21)15(22)12-5-7-13(8-6-12)19(4)9-10-20/h5-8,14-15,20-22H,9-11H2,1-4H3,(H,18,23). The van der Waals surface area contributed by atoms with Gasteiger partial charge in [0.15, 0.2) is 0 Å². The second kappa shape index (κ2) is 8.86. The number of carbonyl (C=O) groups is 1. The zero-order valence-corrected chi connectivity index (χ0v) is 14.7. The van der Waals surface area contributed by atoms with Crippen LogP contribution < -0.4 is 10.2 Å². The van der Waals surface area contributed by atoms with Gasteiger partial charge in [-0.25, -0.2) is 4.79 Å². The monoisotopic (exact) mass is 340 g/mol. The third-order valence-corrected chi connectivity index (χ3v) is 3.33. The van der Waals surface area contributed by atoms with Crippen LogP contribution in [0.1, 0.15) is 32.4 Å². The molecule has 0 saturated heterocycles. The molecule has 0 aliphatic carbocycles. The molecule has 7 nitrogen and oxygen atoms in total. The summed E-state index contributed by atoms with van der Waals surface area (Å²) in [7, 11) is 1.85. The molecule has 0 fully saturated rings. The van der Waals surface area contributed by atoms with Crippen molar-refractivity contribution in [3.63, 3.8) is 0 Å². The van der Waals surface area contributed by atoms with Crippen LogP contribution in [-0.2, 0) is 4.74 Å². The van der Waals surface area contributed by atoms with Crippen molar-refractivity contribution >= 4 is 11.8 Å². The fourth-order valence-electron chi connectivity index (χ4n) is 2.04. The summed E-state index contributed by atoms with van der Waals surface area (Å²) in [5.74, 6) is 0. The molecule has 0 aliphatic heterocycles. The fourth-order valence-corrected chi connectivity index (χ4v) is 2.04. The van der Waals surface area contributed by atoms with Crippen LogP contribution in [0.25, 0.3) is 0 Å². The van der Waals surface area contributed by atoms with E-state index >= 15 is 0 Å². The van der Waals surface area contributed by atoms with Crippen LogP contribution >= 0.6 is 0 Å². The summed E-state index contributed by atoms with van der Waals surface area (Å²) >= 11 is 0. The number of aliphatic hydroxyl groups is 3. The Morgan fingerprint density at radius 2 is 1.83 bits per heavy atom. The summed E-state index contributed by atoms with van der Waals surface area (Å²) in [6.07, 6.45) is -2.93. The van der Waals surface area contributed by atoms with Gasteiger partial charge in [-0.05, 0) is 38.5 Å². The lowest BCUT2D eigenvalue weighted by Gasteiger charge is -2.23. The Labute approximate surface area is 142 Å². The number of carbonyl (C=O) groups excluding carboxylic acids is 1. The molecule has 7 heteroatoms. The normalized spacial score (nSPS) is 14.0. The molecule has 0 spiro atoms. The second-order valence-electron chi connectivity index (χ2n) is 6.63. The van der Waals surface area contributed by atoms with Crippen LogP contribution in [0.3, 0.4) is 0 Å². The van der Waals surface area contributed by atoms with E-state index in [9.17, 15) is 15.0 Å². The first-order chi connectivity index (χ1) is 11.1. The summed E-state index contributed by atoms with van der Waals surface area (Å²) in [6.45, 7) is 5.66. The molecule has 4 N–H and O–H groups in total. The van der Waals surface area contributed by atoms with E-state index in [0.29, 0.717) is 12.1 Å². The van der Waals surface area contributed by atoms with E-state index in [4.69, 9.17) is 9.84 Å². The topological polar surface area (TPSA) is 102 Å². The summed E-state index contributed by atoms with van der Waals surface area (Å²) in [4.78, 5) is 13.4. The number of amides is 1. The lowest BCUT2D eigenvalue weighted by molar-refractivity contribution is 0.0129. The van der Waals surface area contributed by atoms with Gasteiger partial charge in [0.1, 0.15) is 17.8 Å². The Morgan fingerprint density at radius 3 is 2.33 bits per heavy atom. The van der Waals surface area contributed by atoms with Gasteiger partial charge in [0.2, 0.25) is 0 Å². The summed E-state index contributed by atoms with van der Waals surface area (Å²) in [5, 5.41) is 31.5. The lowest BCUT2D eigenvalue weighted by atomic mass is 10.0. The summed E-state index contributed by atoms with van der Waals surface area (Å²) in [5.41, 5.74) is 0.806. The van der Waals surface area contributed by atoms with Crippen molar-refractivity contribution in [2.45, 2.75) is 38.6 Å². The Bertz CT molecular complexity index is 513. The molecule has 1 aromatic rings. The van der Waals surface area contributed by atoms with Crippen molar-refractivity contribution in [1.82, 2.24) is 5.32 Å². The number of alkyl carbamates (subject to hydrolysis) is 1. The van der Waals surface area contributed by atoms with Crippen LogP contribution in [-0.4, -0.2) is 59.9 Å². The van der Waals surface area contributed by atoms with E-state index in [1.54, 1.807) is 45.0 Å². The van der Waals surface area contributed by atoms with Crippen LogP contribution in [0.15, 0.2) is 24.3 Å². The number of nitrogens with zero attached hydrogens (tertiary/aromatic N) is 1. The van der Waals surface area contributed by atoms with Gasteiger partial charge >= 0.3 is 6.09 Å². The minimum absolute atomic E-state index is 0.0515. The minimum atomic E-state index is -1.15. The average Bonchev–Trinajstić information content (AvgIpc) is 2.50. The molecule has 2 atom stereocenters. The van der Waals surface area contributed by atoms with E-state index in [2.05, 4.69) is 5.32 Å². The van der Waals surface area contributed by atoms with Gasteiger partial charge in [-0.1, -0.05) is 12.1 Å². The van der Waals surface area contributed by atoms with E-state index in [1.807, 2.05) is 11.9 Å². The molecule has 1 rings (SSSR count). The maximum atomic E-state index is 11.6. The number of anilines is 1. The number of hydrogen-bond acceptors (Lipinski definition) is 6. The number of benzene rings is 1. The molecule has 136 valence electrons. The molecule has 1 aromatic carbocycles. The smallest absolute Gasteiger partial charge is 0.407 e. The zero-order valence-electron chi connectivity index (χ0n) is 14.7. The molecule has 0 saturated carbocycles. The molecule has 24 heavy (non-hydrogen) atoms. The van der Waals surface area contributed by atoms with E-state index in [0.717, 1.165) is 5.69 Å². The van der Waals surface area contributed by atoms with Crippen molar-refractivity contribution in [3.8, 4) is 0 Å². The van der Waals surface area contributed by atoms with E-state index < -0.39 is 23.9 Å². The maximum absolute atomic E-state index is 11.6. The SMILES string of the molecule is CN(CCO)c1ccc(C(O)C(O)CNC(=O)OC(C)(C)C)cc1. The number of rotatable bonds is 7. The molecular formula is C17H28N2O5. The first kappa shape index (κ1) is 20.2. The van der Waals surface area contributed by atoms with E-state index in [-0.39, 0.29) is 13.2 Å². The van der Waals surface area contributed by atoms with Gasteiger partial charge in [-0.2, -0.15) is 0 Å². The lowest BCUT2D eigenvalue weighted by Crippen LogP contribution is -2.38. The van der Waals surface area contributed by atoms with Crippen molar-refractivity contribution < 1.29 is 24.9 Å². The highest BCUT2D eigenvalue weighted by Gasteiger charge is 2.21. The third kappa shape index (κ3) is 6.74. The molecule has 0 aliphatic rings. The maximum Gasteiger partial charge on any atom is 0.407 e. The molecule has 0 aromatic heterocycles. The molecule has 2 unspecified atom stereocenters. The third-order valence-electron chi connectivity index (χ3n) is 3.33. The highest BCUT2D eigenvalue weighted by atomic mass is 16.6. The van der Waals surface area contributed by atoms with Gasteiger partial charge in [0.25, 0.3) is 0 Å². The average molecular weight is 340 g/mol. The van der Waals surface area contributed by atoms with Crippen LogP contribution in [0.4, 0.5) is 10.5 Å². The Morgan fingerprint density at radius 1 is 1.25 bits per heavy atom. The Balaban J connectivity index is 2.56. The molecular weight excluding hydrogens is 312 g/mol. The van der Waals surface area contributed by atoms with Gasteiger partial charge < -0.3 is 30.3 Å². The Kier molecular flexibility index (Phi) is 7.47. The first-order valence-corrected chi connectivity index (χ1v) is 7.89. The second-order valence-corrected chi connectivity index (χ2v) is 6.63. The fraction of sp³-hybridized carbons (Fsp3) is 0.588. The van der Waals surface area contributed by atoms with E-state index in [1.165, 1.54) is 0 Å². The van der Waals surface area contributed by atoms with Crippen LogP contribution in [0.2, 0.25) is 0 Å². The largest absolute Gasteiger partial charge is 0.444 e. The zero-order chi connectivity index (χ0) is 18.3. The molecule has 1 amide bonds. The Hall–Kier alpha value is -1.83. The first-order valence-electron chi connectivity index (χ1n) is 7.89. The van der Waals surface area contributed by atoms with Crippen LogP contribution in [0, 0.1) is 0 Å². The number of likely N-dealkylation sites (N-methyl/N-ethyl adjacent to an activating group) is 1. The van der Waals surface area contributed by atoms with Crippen molar-refractivity contribution in [1.29, 1.82) is 0 Å². The van der Waals surface area contributed by atoms with Gasteiger partial charge in [-0.3, -0.25) is 0 Å². The van der Waals surface area contributed by atoms with Gasteiger partial charge in [0, 0.05) is 25.8 Å². The number of hydrogen-bond donors (Lipinski definition) is 4. The number of ether oxygens (including phenoxy) is 1. The van der Waals surface area contributed by atoms with Gasteiger partial charge in [-0.15, -0.1) is 0 Å². The van der Waals surface area contributed by atoms with Crippen molar-refractivity contribution in [2.24, 2.45) is 0 Å². The highest BCUT2D eigenvalue weighted by molar-refractivity contribution is 5.67. The summed E-state index contributed by atoms with van der Waals surface area (Å²) < 4.78 is 5.07. The highest BCUT2D eigenvalue weighted by Crippen LogP contribution is 2.21. The molecule has 0 radical (unpaired) electrons.